The van der Waals surface area contributed by atoms with Crippen LogP contribution in [0.25, 0.3) is 0 Å². The lowest BCUT2D eigenvalue weighted by Gasteiger charge is -2.41. The number of hydrogen-bond acceptors (Lipinski definition) is 3. The lowest BCUT2D eigenvalue weighted by Crippen LogP contribution is -2.45. The highest BCUT2D eigenvalue weighted by molar-refractivity contribution is 5.51. The molecule has 1 saturated carbocycles. The first-order chi connectivity index (χ1) is 10.1. The Bertz CT molecular complexity index is 429. The maximum Gasteiger partial charge on any atom is 0.122 e. The van der Waals surface area contributed by atoms with Gasteiger partial charge in [0.25, 0.3) is 0 Å². The van der Waals surface area contributed by atoms with Crippen LogP contribution in [0.15, 0.2) is 12.4 Å². The van der Waals surface area contributed by atoms with E-state index in [4.69, 9.17) is 0 Å². The van der Waals surface area contributed by atoms with Crippen molar-refractivity contribution in [2.45, 2.75) is 65.0 Å². The summed E-state index contributed by atoms with van der Waals surface area (Å²) in [4.78, 5) is 12.2. The Morgan fingerprint density at radius 2 is 1.81 bits per heavy atom. The Morgan fingerprint density at radius 1 is 1.19 bits per heavy atom. The largest absolute Gasteiger partial charge is 0.303 e. The second-order valence-electron chi connectivity index (χ2n) is 6.73. The Labute approximate surface area is 128 Å². The zero-order chi connectivity index (χ0) is 15.2. The third-order valence-corrected chi connectivity index (χ3v) is 4.47. The topological polar surface area (TPSA) is 38.1 Å². The van der Waals surface area contributed by atoms with Crippen molar-refractivity contribution in [3.63, 3.8) is 0 Å². The van der Waals surface area contributed by atoms with Gasteiger partial charge in [0, 0.05) is 31.2 Å². The molecule has 4 heteroatoms. The number of aryl methyl sites for hydroxylation is 1. The van der Waals surface area contributed by atoms with Crippen molar-refractivity contribution < 1.29 is 4.79 Å². The number of carbonyl (C=O) groups excluding carboxylic acids is 1. The highest BCUT2D eigenvalue weighted by Gasteiger charge is 2.29. The molecule has 3 rings (SSSR count). The summed E-state index contributed by atoms with van der Waals surface area (Å²) in [6.07, 6.45) is 11.9. The van der Waals surface area contributed by atoms with E-state index in [2.05, 4.69) is 27.8 Å². The number of hydrogen-bond donors (Lipinski definition) is 0. The molecule has 1 aromatic rings. The van der Waals surface area contributed by atoms with Crippen LogP contribution in [0, 0.1) is 12.8 Å². The van der Waals surface area contributed by atoms with Gasteiger partial charge in [0.2, 0.25) is 0 Å². The number of piperidine rings is 1. The van der Waals surface area contributed by atoms with Crippen molar-refractivity contribution in [2.24, 2.45) is 5.92 Å². The van der Waals surface area contributed by atoms with Crippen LogP contribution in [-0.2, 0) is 4.79 Å². The monoisotopic (exact) mass is 291 g/mol. The van der Waals surface area contributed by atoms with Crippen molar-refractivity contribution in [2.75, 3.05) is 13.1 Å². The fourth-order valence-corrected chi connectivity index (χ4v) is 2.90. The summed E-state index contributed by atoms with van der Waals surface area (Å²) in [6, 6.07) is 1.56. The van der Waals surface area contributed by atoms with Crippen LogP contribution in [0.2, 0.25) is 0 Å². The molecule has 2 aliphatic rings. The number of aldehydes is 1. The van der Waals surface area contributed by atoms with Gasteiger partial charge in [0.05, 0.1) is 12.2 Å². The fraction of sp³-hybridized carbons (Fsp3) is 0.765. The van der Waals surface area contributed by atoms with Gasteiger partial charge in [-0.1, -0.05) is 20.3 Å². The molecule has 0 aromatic carbocycles. The van der Waals surface area contributed by atoms with E-state index in [-0.39, 0.29) is 5.92 Å². The molecule has 21 heavy (non-hydrogen) atoms. The summed E-state index contributed by atoms with van der Waals surface area (Å²) in [5, 5.41) is 4.44. The van der Waals surface area contributed by atoms with Crippen molar-refractivity contribution in [1.82, 2.24) is 14.7 Å². The van der Waals surface area contributed by atoms with Crippen molar-refractivity contribution in [3.05, 3.63) is 18.0 Å². The molecule has 0 atom stereocenters. The number of rotatable bonds is 3. The lowest BCUT2D eigenvalue weighted by atomic mass is 9.89. The van der Waals surface area contributed by atoms with Crippen LogP contribution in [0.4, 0.5) is 0 Å². The van der Waals surface area contributed by atoms with Crippen LogP contribution in [0.3, 0.4) is 0 Å². The molecule has 0 radical (unpaired) electrons. The summed E-state index contributed by atoms with van der Waals surface area (Å²) in [6.45, 7) is 8.37. The maximum atomic E-state index is 9.50. The Hall–Kier alpha value is -1.16. The maximum absolute atomic E-state index is 9.50. The molecule has 4 nitrogen and oxygen atoms in total. The number of aromatic nitrogens is 2. The van der Waals surface area contributed by atoms with E-state index in [0.717, 1.165) is 12.3 Å². The van der Waals surface area contributed by atoms with Gasteiger partial charge in [-0.05, 0) is 38.2 Å². The first kappa shape index (κ1) is 16.2. The van der Waals surface area contributed by atoms with Crippen molar-refractivity contribution in [3.8, 4) is 0 Å². The van der Waals surface area contributed by atoms with Gasteiger partial charge in [-0.25, -0.2) is 0 Å². The highest BCUT2D eigenvalue weighted by atomic mass is 16.1. The minimum atomic E-state index is 0.204. The predicted molar refractivity (Wildman–Crippen MR) is 85.3 cm³/mol. The number of likely N-dealkylation sites (tertiary alicyclic amines) is 1. The van der Waals surface area contributed by atoms with E-state index >= 15 is 0 Å². The number of carbonyl (C=O) groups is 1. The SMILES string of the molecule is CC(C)C=O.Cc1cnn(C2CCN(C3CCC3)CC2)c1. The molecule has 0 unspecified atom stereocenters. The Balaban J connectivity index is 0.000000282. The smallest absolute Gasteiger partial charge is 0.122 e. The van der Waals surface area contributed by atoms with Crippen molar-refractivity contribution in [1.29, 1.82) is 0 Å². The first-order valence-corrected chi connectivity index (χ1v) is 8.30. The van der Waals surface area contributed by atoms with Crippen LogP contribution >= 0.6 is 0 Å². The third kappa shape index (κ3) is 4.67. The Kier molecular flexibility index (Phi) is 5.97. The van der Waals surface area contributed by atoms with Gasteiger partial charge in [-0.2, -0.15) is 5.10 Å². The second-order valence-corrected chi connectivity index (χ2v) is 6.73. The van der Waals surface area contributed by atoms with Crippen LogP contribution in [0.5, 0.6) is 0 Å². The van der Waals surface area contributed by atoms with E-state index in [9.17, 15) is 4.79 Å². The van der Waals surface area contributed by atoms with E-state index in [1.54, 1.807) is 0 Å². The van der Waals surface area contributed by atoms with Gasteiger partial charge in [0.1, 0.15) is 6.29 Å². The molecule has 1 aliphatic carbocycles. The molecule has 118 valence electrons. The molecule has 1 saturated heterocycles. The summed E-state index contributed by atoms with van der Waals surface area (Å²) >= 11 is 0. The Morgan fingerprint density at radius 3 is 2.19 bits per heavy atom. The van der Waals surface area contributed by atoms with Gasteiger partial charge in [-0.3, -0.25) is 4.68 Å². The minimum absolute atomic E-state index is 0.204. The predicted octanol–water partition coefficient (Wildman–Crippen LogP) is 3.22. The summed E-state index contributed by atoms with van der Waals surface area (Å²) < 4.78 is 2.17. The van der Waals surface area contributed by atoms with Gasteiger partial charge >= 0.3 is 0 Å². The quantitative estimate of drug-likeness (QED) is 0.803. The number of nitrogens with zero attached hydrogens (tertiary/aromatic N) is 3. The van der Waals surface area contributed by atoms with E-state index in [1.165, 1.54) is 50.8 Å². The molecule has 2 heterocycles. The molecule has 0 bridgehead atoms. The fourth-order valence-electron chi connectivity index (χ4n) is 2.90. The van der Waals surface area contributed by atoms with Gasteiger partial charge in [-0.15, -0.1) is 0 Å². The zero-order valence-corrected chi connectivity index (χ0v) is 13.7. The zero-order valence-electron chi connectivity index (χ0n) is 13.7. The second kappa shape index (κ2) is 7.74. The molecular weight excluding hydrogens is 262 g/mol. The van der Waals surface area contributed by atoms with E-state index in [0.29, 0.717) is 6.04 Å². The van der Waals surface area contributed by atoms with Gasteiger partial charge in [0.15, 0.2) is 0 Å². The van der Waals surface area contributed by atoms with Crippen LogP contribution in [0.1, 0.15) is 57.6 Å². The molecular formula is C17H29N3O. The van der Waals surface area contributed by atoms with Gasteiger partial charge < -0.3 is 9.69 Å². The third-order valence-electron chi connectivity index (χ3n) is 4.47. The minimum Gasteiger partial charge on any atom is -0.303 e. The van der Waals surface area contributed by atoms with E-state index in [1.807, 2.05) is 20.0 Å². The lowest BCUT2D eigenvalue weighted by molar-refractivity contribution is -0.110. The molecule has 1 aliphatic heterocycles. The first-order valence-electron chi connectivity index (χ1n) is 8.30. The van der Waals surface area contributed by atoms with Crippen LogP contribution < -0.4 is 0 Å². The summed E-state index contributed by atoms with van der Waals surface area (Å²) in [7, 11) is 0. The van der Waals surface area contributed by atoms with Crippen molar-refractivity contribution >= 4 is 6.29 Å². The normalized spacial score (nSPS) is 20.8. The van der Waals surface area contributed by atoms with E-state index < -0.39 is 0 Å². The van der Waals surface area contributed by atoms with Crippen LogP contribution in [-0.4, -0.2) is 40.1 Å². The molecule has 0 spiro atoms. The standard InChI is InChI=1S/C13H21N3.C4H8O/c1-11-9-14-16(10-11)13-5-7-15(8-6-13)12-3-2-4-12;1-4(2)3-5/h9-10,12-13H,2-8H2,1H3;3-4H,1-2H3. The average molecular weight is 291 g/mol. The molecule has 1 aromatic heterocycles. The molecule has 0 amide bonds. The molecule has 0 N–H and O–H groups in total. The molecule has 2 fully saturated rings. The summed E-state index contributed by atoms with van der Waals surface area (Å²) in [5.41, 5.74) is 1.28. The highest BCUT2D eigenvalue weighted by Crippen LogP contribution is 2.30. The summed E-state index contributed by atoms with van der Waals surface area (Å²) in [5.74, 6) is 0.204. The average Bonchev–Trinajstić information content (AvgIpc) is 2.85.